The first-order valence-electron chi connectivity index (χ1n) is 10.0. The molecule has 0 aliphatic heterocycles. The molecule has 0 saturated heterocycles. The Bertz CT molecular complexity index is 922. The molecule has 1 unspecified atom stereocenters. The first kappa shape index (κ1) is 22.5. The summed E-state index contributed by atoms with van der Waals surface area (Å²) in [6.07, 6.45) is -4.32. The number of carbonyl (C=O) groups is 1. The lowest BCUT2D eigenvalue weighted by atomic mass is 9.84. The first-order chi connectivity index (χ1) is 14.1. The molecule has 1 aromatic carbocycles. The quantitative estimate of drug-likeness (QED) is 0.658. The van der Waals surface area contributed by atoms with Crippen molar-refractivity contribution in [3.63, 3.8) is 0 Å². The number of hydrogen-bond donors (Lipinski definition) is 1. The van der Waals surface area contributed by atoms with Gasteiger partial charge in [-0.1, -0.05) is 43.6 Å². The molecule has 0 fully saturated rings. The minimum absolute atomic E-state index is 0.0387. The Balaban J connectivity index is 1.77. The molecular formula is C22H26ClF3N2O2. The Kier molecular flexibility index (Phi) is 6.70. The van der Waals surface area contributed by atoms with Crippen LogP contribution in [-0.2, 0) is 26.4 Å². The van der Waals surface area contributed by atoms with Gasteiger partial charge in [0.2, 0.25) is 0 Å². The van der Waals surface area contributed by atoms with Crippen molar-refractivity contribution >= 4 is 17.5 Å². The summed E-state index contributed by atoms with van der Waals surface area (Å²) in [6.45, 7) is 4.91. The molecule has 0 spiro atoms. The third-order valence-electron chi connectivity index (χ3n) is 5.38. The van der Waals surface area contributed by atoms with Crippen LogP contribution in [0, 0.1) is 11.8 Å². The second kappa shape index (κ2) is 8.92. The molecule has 8 heteroatoms. The third-order valence-corrected chi connectivity index (χ3v) is 5.87. The van der Waals surface area contributed by atoms with Crippen molar-refractivity contribution in [2.45, 2.75) is 45.8 Å². The third kappa shape index (κ3) is 4.77. The molecule has 164 valence electrons. The van der Waals surface area contributed by atoms with Gasteiger partial charge in [-0.05, 0) is 42.4 Å². The van der Waals surface area contributed by atoms with E-state index in [0.29, 0.717) is 35.1 Å². The molecule has 2 aromatic rings. The summed E-state index contributed by atoms with van der Waals surface area (Å²) >= 11 is 6.30. The fourth-order valence-electron chi connectivity index (χ4n) is 3.79. The van der Waals surface area contributed by atoms with Crippen LogP contribution in [0.5, 0.6) is 5.75 Å². The minimum Gasteiger partial charge on any atom is -0.493 e. The van der Waals surface area contributed by atoms with Crippen molar-refractivity contribution in [1.29, 1.82) is 0 Å². The van der Waals surface area contributed by atoms with Gasteiger partial charge in [0, 0.05) is 19.2 Å². The second-order valence-corrected chi connectivity index (χ2v) is 8.49. The number of rotatable bonds is 6. The number of ether oxygens (including phenoxy) is 1. The summed E-state index contributed by atoms with van der Waals surface area (Å²) in [5, 5.41) is 3.07. The van der Waals surface area contributed by atoms with Crippen LogP contribution in [-0.4, -0.2) is 23.3 Å². The summed E-state index contributed by atoms with van der Waals surface area (Å²) < 4.78 is 46.8. The zero-order valence-electron chi connectivity index (χ0n) is 17.3. The number of halogens is 4. The normalized spacial score (nSPS) is 16.5. The van der Waals surface area contributed by atoms with Crippen LogP contribution in [0.2, 0.25) is 5.15 Å². The van der Waals surface area contributed by atoms with Crippen LogP contribution >= 0.6 is 11.6 Å². The SMILES string of the molecule is CC(C)COc1ccccc1CNC(=O)c1c2c(c(Cl)n1C)CC(C(F)(F)F)CC2. The number of nitrogens with one attached hydrogen (secondary N) is 1. The van der Waals surface area contributed by atoms with Crippen LogP contribution < -0.4 is 10.1 Å². The molecule has 0 radical (unpaired) electrons. The second-order valence-electron chi connectivity index (χ2n) is 8.13. The zero-order chi connectivity index (χ0) is 22.1. The summed E-state index contributed by atoms with van der Waals surface area (Å²) in [5.74, 6) is -0.716. The Morgan fingerprint density at radius 3 is 2.67 bits per heavy atom. The lowest BCUT2D eigenvalue weighted by molar-refractivity contribution is -0.177. The van der Waals surface area contributed by atoms with Crippen LogP contribution in [0.25, 0.3) is 0 Å². The summed E-state index contributed by atoms with van der Waals surface area (Å²) in [5.41, 5.74) is 2.21. The molecule has 1 N–H and O–H groups in total. The summed E-state index contributed by atoms with van der Waals surface area (Å²) in [6, 6.07) is 7.45. The van der Waals surface area contributed by atoms with E-state index in [9.17, 15) is 18.0 Å². The van der Waals surface area contributed by atoms with E-state index in [4.69, 9.17) is 16.3 Å². The molecule has 0 bridgehead atoms. The van der Waals surface area contributed by atoms with Gasteiger partial charge in [-0.25, -0.2) is 0 Å². The van der Waals surface area contributed by atoms with Crippen LogP contribution in [0.4, 0.5) is 13.2 Å². The van der Waals surface area contributed by atoms with Gasteiger partial charge in [-0.3, -0.25) is 4.79 Å². The highest BCUT2D eigenvalue weighted by Gasteiger charge is 2.43. The van der Waals surface area contributed by atoms with E-state index in [0.717, 1.165) is 5.56 Å². The average molecular weight is 443 g/mol. The number of fused-ring (bicyclic) bond motifs is 1. The maximum absolute atomic E-state index is 13.2. The minimum atomic E-state index is -4.26. The average Bonchev–Trinajstić information content (AvgIpc) is 2.94. The number of para-hydroxylation sites is 1. The van der Waals surface area contributed by atoms with Crippen molar-refractivity contribution < 1.29 is 22.7 Å². The van der Waals surface area contributed by atoms with Gasteiger partial charge >= 0.3 is 6.18 Å². The van der Waals surface area contributed by atoms with E-state index in [-0.39, 0.29) is 36.9 Å². The molecule has 0 saturated carbocycles. The molecule has 1 aliphatic carbocycles. The Morgan fingerprint density at radius 2 is 2.00 bits per heavy atom. The standard InChI is InChI=1S/C22H26ClF3N2O2/c1-13(2)12-30-18-7-5-4-6-14(18)11-27-21(29)19-16-9-8-15(22(24,25)26)10-17(16)20(23)28(19)3/h4-7,13,15H,8-12H2,1-3H3,(H,27,29). The fourth-order valence-corrected chi connectivity index (χ4v) is 4.07. The molecular weight excluding hydrogens is 417 g/mol. The van der Waals surface area contributed by atoms with E-state index >= 15 is 0 Å². The van der Waals surface area contributed by atoms with Gasteiger partial charge in [0.05, 0.1) is 12.5 Å². The number of carbonyl (C=O) groups excluding carboxylic acids is 1. The molecule has 4 nitrogen and oxygen atoms in total. The Hall–Kier alpha value is -2.15. The lowest BCUT2D eigenvalue weighted by Gasteiger charge is -2.25. The topological polar surface area (TPSA) is 43.3 Å². The van der Waals surface area contributed by atoms with Crippen molar-refractivity contribution in [1.82, 2.24) is 9.88 Å². The number of hydrogen-bond acceptors (Lipinski definition) is 2. The van der Waals surface area contributed by atoms with Gasteiger partial charge in [-0.15, -0.1) is 0 Å². The molecule has 1 aromatic heterocycles. The van der Waals surface area contributed by atoms with E-state index in [1.165, 1.54) is 4.57 Å². The molecule has 3 rings (SSSR count). The fraction of sp³-hybridized carbons (Fsp3) is 0.500. The predicted molar refractivity (Wildman–Crippen MR) is 110 cm³/mol. The van der Waals surface area contributed by atoms with Gasteiger partial charge < -0.3 is 14.6 Å². The molecule has 1 amide bonds. The predicted octanol–water partition coefficient (Wildman–Crippen LogP) is 5.31. The van der Waals surface area contributed by atoms with Crippen LogP contribution in [0.1, 0.15) is 47.4 Å². The van der Waals surface area contributed by atoms with E-state index in [1.807, 2.05) is 24.3 Å². The number of benzene rings is 1. The van der Waals surface area contributed by atoms with E-state index in [1.54, 1.807) is 7.05 Å². The highest BCUT2D eigenvalue weighted by molar-refractivity contribution is 6.31. The number of alkyl halides is 3. The highest BCUT2D eigenvalue weighted by Crippen LogP contribution is 2.41. The Morgan fingerprint density at radius 1 is 1.30 bits per heavy atom. The van der Waals surface area contributed by atoms with Gasteiger partial charge in [0.15, 0.2) is 0 Å². The van der Waals surface area contributed by atoms with Crippen molar-refractivity contribution in [2.75, 3.05) is 6.61 Å². The summed E-state index contributed by atoms with van der Waals surface area (Å²) in [7, 11) is 1.61. The van der Waals surface area contributed by atoms with Crippen molar-refractivity contribution in [3.05, 3.63) is 51.8 Å². The smallest absolute Gasteiger partial charge is 0.392 e. The Labute approximate surface area is 179 Å². The highest BCUT2D eigenvalue weighted by atomic mass is 35.5. The zero-order valence-corrected chi connectivity index (χ0v) is 18.0. The lowest BCUT2D eigenvalue weighted by Crippen LogP contribution is -2.30. The number of amides is 1. The molecule has 1 heterocycles. The van der Waals surface area contributed by atoms with E-state index < -0.39 is 12.1 Å². The first-order valence-corrected chi connectivity index (χ1v) is 10.4. The van der Waals surface area contributed by atoms with Crippen molar-refractivity contribution in [3.8, 4) is 5.75 Å². The number of nitrogens with zero attached hydrogens (tertiary/aromatic N) is 1. The van der Waals surface area contributed by atoms with E-state index in [2.05, 4.69) is 19.2 Å². The monoisotopic (exact) mass is 442 g/mol. The van der Waals surface area contributed by atoms with Crippen molar-refractivity contribution in [2.24, 2.45) is 18.9 Å². The van der Waals surface area contributed by atoms with Gasteiger partial charge in [0.25, 0.3) is 5.91 Å². The van der Waals surface area contributed by atoms with Crippen LogP contribution in [0.3, 0.4) is 0 Å². The molecule has 1 aliphatic rings. The molecule has 1 atom stereocenters. The van der Waals surface area contributed by atoms with Gasteiger partial charge in [-0.2, -0.15) is 13.2 Å². The summed E-state index contributed by atoms with van der Waals surface area (Å²) in [4.78, 5) is 12.9. The number of aromatic nitrogens is 1. The maximum atomic E-state index is 13.2. The maximum Gasteiger partial charge on any atom is 0.392 e. The van der Waals surface area contributed by atoms with Gasteiger partial charge in [0.1, 0.15) is 16.6 Å². The molecule has 30 heavy (non-hydrogen) atoms. The van der Waals surface area contributed by atoms with Crippen LogP contribution in [0.15, 0.2) is 24.3 Å². The largest absolute Gasteiger partial charge is 0.493 e.